The summed E-state index contributed by atoms with van der Waals surface area (Å²) in [5.41, 5.74) is 1.03. The van der Waals surface area contributed by atoms with Gasteiger partial charge in [0.15, 0.2) is 0 Å². The molecule has 2 rings (SSSR count). The van der Waals surface area contributed by atoms with Gasteiger partial charge in [-0.15, -0.1) is 0 Å². The average molecular weight is 319 g/mol. The van der Waals surface area contributed by atoms with Crippen molar-refractivity contribution in [3.63, 3.8) is 0 Å². The van der Waals surface area contributed by atoms with Crippen LogP contribution in [0.4, 0.5) is 10.1 Å². The first-order chi connectivity index (χ1) is 7.16. The molecule has 1 aliphatic heterocycles. The Labute approximate surface area is 104 Å². The summed E-state index contributed by atoms with van der Waals surface area (Å²) >= 11 is 2.02. The van der Waals surface area contributed by atoms with Gasteiger partial charge in [-0.2, -0.15) is 0 Å². The van der Waals surface area contributed by atoms with Gasteiger partial charge >= 0.3 is 0 Å². The summed E-state index contributed by atoms with van der Waals surface area (Å²) in [5.74, 6) is 0.710. The number of rotatable bonds is 1. The van der Waals surface area contributed by atoms with E-state index in [9.17, 15) is 4.39 Å². The predicted octanol–water partition coefficient (Wildman–Crippen LogP) is 3.67. The lowest BCUT2D eigenvalue weighted by Crippen LogP contribution is -2.32. The molecule has 15 heavy (non-hydrogen) atoms. The fourth-order valence-electron chi connectivity index (χ4n) is 1.95. The van der Waals surface area contributed by atoms with Crippen LogP contribution in [-0.4, -0.2) is 13.1 Å². The van der Waals surface area contributed by atoms with Crippen LogP contribution >= 0.6 is 22.6 Å². The van der Waals surface area contributed by atoms with E-state index in [0.29, 0.717) is 3.57 Å². The summed E-state index contributed by atoms with van der Waals surface area (Å²) in [6.45, 7) is 4.40. The third kappa shape index (κ3) is 2.62. The molecule has 0 amide bonds. The molecule has 1 saturated heterocycles. The van der Waals surface area contributed by atoms with E-state index in [-0.39, 0.29) is 5.82 Å². The summed E-state index contributed by atoms with van der Waals surface area (Å²) in [4.78, 5) is 2.28. The third-order valence-corrected chi connectivity index (χ3v) is 3.93. The Hall–Kier alpha value is -0.320. The third-order valence-electron chi connectivity index (χ3n) is 3.05. The van der Waals surface area contributed by atoms with E-state index in [1.807, 2.05) is 34.7 Å². The maximum atomic E-state index is 13.4. The average Bonchev–Trinajstić information content (AvgIpc) is 2.23. The topological polar surface area (TPSA) is 3.24 Å². The van der Waals surface area contributed by atoms with Crippen molar-refractivity contribution in [1.82, 2.24) is 0 Å². The van der Waals surface area contributed by atoms with Gasteiger partial charge in [-0.05, 0) is 59.5 Å². The summed E-state index contributed by atoms with van der Waals surface area (Å²) in [6, 6.07) is 5.52. The van der Waals surface area contributed by atoms with Gasteiger partial charge in [-0.1, -0.05) is 6.92 Å². The van der Waals surface area contributed by atoms with Crippen molar-refractivity contribution in [3.05, 3.63) is 27.6 Å². The lowest BCUT2D eigenvalue weighted by molar-refractivity contribution is 0.438. The lowest BCUT2D eigenvalue weighted by Gasteiger charge is -2.32. The molecular weight excluding hydrogens is 304 g/mol. The second-order valence-electron chi connectivity index (χ2n) is 4.27. The van der Waals surface area contributed by atoms with Gasteiger partial charge in [0.25, 0.3) is 0 Å². The van der Waals surface area contributed by atoms with Gasteiger partial charge in [-0.25, -0.2) is 4.39 Å². The van der Waals surface area contributed by atoms with Crippen LogP contribution in [0.3, 0.4) is 0 Å². The SMILES string of the molecule is CC1CCN(c2ccc(I)c(F)c2)CC1. The van der Waals surface area contributed by atoms with Crippen molar-refractivity contribution in [3.8, 4) is 0 Å². The molecular formula is C12H15FIN. The molecule has 0 unspecified atom stereocenters. The fraction of sp³-hybridized carbons (Fsp3) is 0.500. The molecule has 1 fully saturated rings. The first kappa shape index (κ1) is 11.2. The van der Waals surface area contributed by atoms with E-state index in [2.05, 4.69) is 11.8 Å². The van der Waals surface area contributed by atoms with Gasteiger partial charge in [0.05, 0.1) is 0 Å². The maximum absolute atomic E-state index is 13.4. The molecule has 0 bridgehead atoms. The minimum absolute atomic E-state index is 0.105. The highest BCUT2D eigenvalue weighted by Gasteiger charge is 2.16. The number of nitrogens with zero attached hydrogens (tertiary/aromatic N) is 1. The van der Waals surface area contributed by atoms with Crippen molar-refractivity contribution < 1.29 is 4.39 Å². The number of benzene rings is 1. The molecule has 1 aromatic rings. The molecule has 0 atom stereocenters. The highest BCUT2D eigenvalue weighted by molar-refractivity contribution is 14.1. The van der Waals surface area contributed by atoms with Crippen LogP contribution in [0.2, 0.25) is 0 Å². The minimum atomic E-state index is -0.105. The molecule has 0 aromatic heterocycles. The van der Waals surface area contributed by atoms with E-state index >= 15 is 0 Å². The van der Waals surface area contributed by atoms with E-state index in [0.717, 1.165) is 24.7 Å². The van der Waals surface area contributed by atoms with Crippen LogP contribution in [0.15, 0.2) is 18.2 Å². The molecule has 0 aliphatic carbocycles. The Kier molecular flexibility index (Phi) is 3.49. The van der Waals surface area contributed by atoms with Crippen LogP contribution in [0.5, 0.6) is 0 Å². The second-order valence-corrected chi connectivity index (χ2v) is 5.43. The van der Waals surface area contributed by atoms with E-state index < -0.39 is 0 Å². The standard InChI is InChI=1S/C12H15FIN/c1-9-4-6-15(7-5-9)10-2-3-12(14)11(13)8-10/h2-3,8-9H,4-7H2,1H3. The van der Waals surface area contributed by atoms with Gasteiger partial charge in [0.2, 0.25) is 0 Å². The first-order valence-corrected chi connectivity index (χ1v) is 6.44. The van der Waals surface area contributed by atoms with Crippen LogP contribution in [0.25, 0.3) is 0 Å². The van der Waals surface area contributed by atoms with Crippen molar-refractivity contribution >= 4 is 28.3 Å². The summed E-state index contributed by atoms with van der Waals surface area (Å²) in [6.07, 6.45) is 2.43. The quantitative estimate of drug-likeness (QED) is 0.714. The Morgan fingerprint density at radius 1 is 1.33 bits per heavy atom. The molecule has 1 heterocycles. The van der Waals surface area contributed by atoms with Crippen molar-refractivity contribution in [2.24, 2.45) is 5.92 Å². The van der Waals surface area contributed by atoms with Crippen LogP contribution in [-0.2, 0) is 0 Å². The van der Waals surface area contributed by atoms with Crippen molar-refractivity contribution in [1.29, 1.82) is 0 Å². The lowest BCUT2D eigenvalue weighted by atomic mass is 9.99. The van der Waals surface area contributed by atoms with Crippen molar-refractivity contribution in [2.45, 2.75) is 19.8 Å². The molecule has 0 saturated carbocycles. The first-order valence-electron chi connectivity index (χ1n) is 5.37. The zero-order valence-electron chi connectivity index (χ0n) is 8.84. The monoisotopic (exact) mass is 319 g/mol. The largest absolute Gasteiger partial charge is 0.371 e. The van der Waals surface area contributed by atoms with Gasteiger partial charge in [-0.3, -0.25) is 0 Å². The van der Waals surface area contributed by atoms with Gasteiger partial charge in [0.1, 0.15) is 5.82 Å². The highest BCUT2D eigenvalue weighted by Crippen LogP contribution is 2.24. The molecule has 82 valence electrons. The molecule has 1 aromatic carbocycles. The summed E-state index contributed by atoms with van der Waals surface area (Å²) < 4.78 is 14.1. The molecule has 3 heteroatoms. The zero-order chi connectivity index (χ0) is 10.8. The molecule has 0 spiro atoms. The Bertz CT molecular complexity index is 345. The Balaban J connectivity index is 2.12. The Morgan fingerprint density at radius 3 is 2.60 bits per heavy atom. The van der Waals surface area contributed by atoms with E-state index in [4.69, 9.17) is 0 Å². The number of halogens is 2. The fourth-order valence-corrected chi connectivity index (χ4v) is 2.28. The number of piperidine rings is 1. The minimum Gasteiger partial charge on any atom is -0.371 e. The smallest absolute Gasteiger partial charge is 0.138 e. The van der Waals surface area contributed by atoms with E-state index in [1.54, 1.807) is 6.07 Å². The number of anilines is 1. The maximum Gasteiger partial charge on any atom is 0.138 e. The second kappa shape index (κ2) is 4.68. The van der Waals surface area contributed by atoms with E-state index in [1.165, 1.54) is 12.8 Å². The highest BCUT2D eigenvalue weighted by atomic mass is 127. The Morgan fingerprint density at radius 2 is 2.00 bits per heavy atom. The molecule has 0 N–H and O–H groups in total. The van der Waals surface area contributed by atoms with Crippen molar-refractivity contribution in [2.75, 3.05) is 18.0 Å². The van der Waals surface area contributed by atoms with Crippen LogP contribution in [0, 0.1) is 15.3 Å². The van der Waals surface area contributed by atoms with Crippen LogP contribution < -0.4 is 4.90 Å². The molecule has 1 aliphatic rings. The predicted molar refractivity (Wildman–Crippen MR) is 69.7 cm³/mol. The molecule has 0 radical (unpaired) electrons. The summed E-state index contributed by atoms with van der Waals surface area (Å²) in [5, 5.41) is 0. The van der Waals surface area contributed by atoms with Gasteiger partial charge < -0.3 is 4.90 Å². The number of hydrogen-bond donors (Lipinski definition) is 0. The van der Waals surface area contributed by atoms with Crippen LogP contribution in [0.1, 0.15) is 19.8 Å². The molecule has 1 nitrogen and oxygen atoms in total. The normalized spacial score (nSPS) is 18.2. The van der Waals surface area contributed by atoms with Gasteiger partial charge in [0, 0.05) is 22.3 Å². The zero-order valence-corrected chi connectivity index (χ0v) is 11.0. The number of hydrogen-bond acceptors (Lipinski definition) is 1. The summed E-state index contributed by atoms with van der Waals surface area (Å²) in [7, 11) is 0.